The van der Waals surface area contributed by atoms with Crippen molar-refractivity contribution in [1.82, 2.24) is 5.32 Å². The molecule has 2 N–H and O–H groups in total. The molecule has 2 unspecified atom stereocenters. The Balaban J connectivity index is 1.84. The minimum atomic E-state index is -1.18. The lowest BCUT2D eigenvalue weighted by molar-refractivity contribution is 0.393. The van der Waals surface area contributed by atoms with Gasteiger partial charge in [0.2, 0.25) is 0 Å². The summed E-state index contributed by atoms with van der Waals surface area (Å²) < 4.78 is 21.3. The van der Waals surface area contributed by atoms with Crippen LogP contribution < -0.4 is 5.32 Å². The highest BCUT2D eigenvalue weighted by Gasteiger charge is 2.21. The Morgan fingerprint density at radius 1 is 1.50 bits per heavy atom. The van der Waals surface area contributed by atoms with Gasteiger partial charge >= 0.3 is 0 Å². The third-order valence-corrected chi connectivity index (χ3v) is 3.47. The minimum absolute atomic E-state index is 0.286. The molecule has 0 aromatic heterocycles. The molecule has 0 bridgehead atoms. The number of hydrogen-bond acceptors (Lipinski definition) is 3. The molecule has 2 rings (SSSR count). The van der Waals surface area contributed by atoms with Crippen molar-refractivity contribution in [2.24, 2.45) is 0 Å². The quantitative estimate of drug-likeness (QED) is 0.777. The van der Waals surface area contributed by atoms with E-state index in [1.54, 1.807) is 0 Å². The molecule has 4 heteroatoms. The predicted molar refractivity (Wildman–Crippen MR) is 65.2 cm³/mol. The van der Waals surface area contributed by atoms with E-state index in [1.165, 1.54) is 11.1 Å². The van der Waals surface area contributed by atoms with Crippen LogP contribution in [0.1, 0.15) is 30.0 Å². The van der Waals surface area contributed by atoms with Crippen LogP contribution in [0.4, 0.5) is 4.39 Å². The van der Waals surface area contributed by atoms with Crippen molar-refractivity contribution in [2.45, 2.75) is 30.8 Å². The lowest BCUT2D eigenvalue weighted by atomic mass is 10.1. The van der Waals surface area contributed by atoms with Crippen LogP contribution in [0.2, 0.25) is 0 Å². The topological polar surface area (TPSA) is 32.3 Å². The summed E-state index contributed by atoms with van der Waals surface area (Å²) in [7, 11) is 0. The second-order valence-corrected chi connectivity index (χ2v) is 4.77. The zero-order valence-electron chi connectivity index (χ0n) is 9.03. The fraction of sp³-hybridized carbons (Fsp3) is 0.500. The summed E-state index contributed by atoms with van der Waals surface area (Å²) in [5.74, 6) is 0. The molecule has 1 aliphatic rings. The molecule has 1 aliphatic carbocycles. The van der Waals surface area contributed by atoms with Crippen molar-refractivity contribution in [3.05, 3.63) is 35.4 Å². The van der Waals surface area contributed by atoms with Gasteiger partial charge in [-0.2, -0.15) is 0 Å². The van der Waals surface area contributed by atoms with Crippen molar-refractivity contribution in [2.75, 3.05) is 6.54 Å². The molecule has 0 saturated heterocycles. The number of aryl methyl sites for hydroxylation is 1. The van der Waals surface area contributed by atoms with Gasteiger partial charge in [0, 0.05) is 24.5 Å². The highest BCUT2D eigenvalue weighted by molar-refractivity contribution is 7.94. The zero-order chi connectivity index (χ0) is 11.4. The Labute approximate surface area is 99.5 Å². The maximum atomic E-state index is 12.8. The zero-order valence-corrected chi connectivity index (χ0v) is 9.84. The first-order valence-corrected chi connectivity index (χ1v) is 6.40. The minimum Gasteiger partial charge on any atom is -0.328 e. The van der Waals surface area contributed by atoms with Crippen molar-refractivity contribution in [3.8, 4) is 0 Å². The van der Waals surface area contributed by atoms with Crippen LogP contribution in [0.3, 0.4) is 0 Å². The maximum absolute atomic E-state index is 12.8. The van der Waals surface area contributed by atoms with Crippen LogP contribution in [0.5, 0.6) is 0 Å². The SMILES string of the molecule is OSC(F)CCNC1CCc2ccccc21. The monoisotopic (exact) mass is 241 g/mol. The Morgan fingerprint density at radius 2 is 2.31 bits per heavy atom. The van der Waals surface area contributed by atoms with Crippen molar-refractivity contribution in [3.63, 3.8) is 0 Å². The first-order valence-electron chi connectivity index (χ1n) is 5.56. The van der Waals surface area contributed by atoms with Crippen LogP contribution in [0.15, 0.2) is 24.3 Å². The highest BCUT2D eigenvalue weighted by Crippen LogP contribution is 2.30. The number of rotatable bonds is 5. The van der Waals surface area contributed by atoms with Gasteiger partial charge in [0.05, 0.1) is 0 Å². The number of alkyl halides is 1. The summed E-state index contributed by atoms with van der Waals surface area (Å²) in [6.07, 6.45) is 2.53. The molecule has 1 aromatic carbocycles. The maximum Gasteiger partial charge on any atom is 0.172 e. The molecule has 0 spiro atoms. The predicted octanol–water partition coefficient (Wildman–Crippen LogP) is 3.16. The average Bonchev–Trinajstić information content (AvgIpc) is 2.73. The molecule has 0 aliphatic heterocycles. The standard InChI is InChI=1S/C12H16FNOS/c13-12(16-15)7-8-14-11-6-5-9-3-1-2-4-10(9)11/h1-4,11-12,14-15H,5-8H2. The number of nitrogens with one attached hydrogen (secondary N) is 1. The number of hydrogen-bond donors (Lipinski definition) is 2. The van der Waals surface area contributed by atoms with E-state index < -0.39 is 5.50 Å². The molecule has 2 atom stereocenters. The molecular formula is C12H16FNOS. The molecule has 0 heterocycles. The molecule has 16 heavy (non-hydrogen) atoms. The van der Waals surface area contributed by atoms with Gasteiger partial charge < -0.3 is 9.87 Å². The summed E-state index contributed by atoms with van der Waals surface area (Å²) in [6, 6.07) is 8.74. The fourth-order valence-electron chi connectivity index (χ4n) is 2.19. The van der Waals surface area contributed by atoms with E-state index in [0.29, 0.717) is 19.0 Å². The van der Waals surface area contributed by atoms with Gasteiger partial charge in [-0.15, -0.1) is 0 Å². The van der Waals surface area contributed by atoms with Gasteiger partial charge in [-0.1, -0.05) is 24.3 Å². The number of halogens is 1. The summed E-state index contributed by atoms with van der Waals surface area (Å²) in [5.41, 5.74) is 1.56. The van der Waals surface area contributed by atoms with Crippen LogP contribution in [0, 0.1) is 0 Å². The molecule has 1 aromatic rings. The second-order valence-electron chi connectivity index (χ2n) is 4.05. The van der Waals surface area contributed by atoms with E-state index in [0.717, 1.165) is 12.8 Å². The van der Waals surface area contributed by atoms with E-state index >= 15 is 0 Å². The third-order valence-electron chi connectivity index (χ3n) is 3.01. The number of fused-ring (bicyclic) bond motifs is 1. The van der Waals surface area contributed by atoms with Gasteiger partial charge in [-0.25, -0.2) is 4.39 Å². The third kappa shape index (κ3) is 2.75. The van der Waals surface area contributed by atoms with Gasteiger partial charge in [0.25, 0.3) is 0 Å². The molecule has 2 nitrogen and oxygen atoms in total. The van der Waals surface area contributed by atoms with E-state index in [1.807, 2.05) is 6.07 Å². The van der Waals surface area contributed by atoms with Gasteiger partial charge in [-0.05, 0) is 30.5 Å². The Kier molecular flexibility index (Phi) is 4.21. The normalized spacial score (nSPS) is 20.8. The first kappa shape index (κ1) is 11.9. The summed E-state index contributed by atoms with van der Waals surface area (Å²) in [4.78, 5) is 0. The Hall–Kier alpha value is -0.580. The lowest BCUT2D eigenvalue weighted by Gasteiger charge is -2.14. The Morgan fingerprint density at radius 3 is 3.12 bits per heavy atom. The Bertz CT molecular complexity index is 348. The van der Waals surface area contributed by atoms with Crippen LogP contribution in [-0.4, -0.2) is 16.6 Å². The molecule has 0 radical (unpaired) electrons. The van der Waals surface area contributed by atoms with E-state index in [4.69, 9.17) is 4.55 Å². The van der Waals surface area contributed by atoms with Crippen LogP contribution >= 0.6 is 12.0 Å². The van der Waals surface area contributed by atoms with Crippen molar-refractivity contribution < 1.29 is 8.94 Å². The molecule has 0 amide bonds. The molecular weight excluding hydrogens is 225 g/mol. The lowest BCUT2D eigenvalue weighted by Crippen LogP contribution is -2.22. The molecule has 0 saturated carbocycles. The van der Waals surface area contributed by atoms with Crippen molar-refractivity contribution in [1.29, 1.82) is 0 Å². The highest BCUT2D eigenvalue weighted by atomic mass is 32.2. The fourth-order valence-corrected chi connectivity index (χ4v) is 2.42. The van der Waals surface area contributed by atoms with E-state index in [2.05, 4.69) is 23.5 Å². The largest absolute Gasteiger partial charge is 0.328 e. The smallest absolute Gasteiger partial charge is 0.172 e. The summed E-state index contributed by atoms with van der Waals surface area (Å²) in [5, 5.41) is 3.34. The summed E-state index contributed by atoms with van der Waals surface area (Å²) in [6.45, 7) is 0.605. The first-order chi connectivity index (χ1) is 7.81. The average molecular weight is 241 g/mol. The van der Waals surface area contributed by atoms with Gasteiger partial charge in [0.15, 0.2) is 5.50 Å². The van der Waals surface area contributed by atoms with E-state index in [9.17, 15) is 4.39 Å². The van der Waals surface area contributed by atoms with Gasteiger partial charge in [0.1, 0.15) is 0 Å². The molecule has 0 fully saturated rings. The van der Waals surface area contributed by atoms with Crippen LogP contribution in [-0.2, 0) is 6.42 Å². The van der Waals surface area contributed by atoms with Gasteiger partial charge in [-0.3, -0.25) is 0 Å². The summed E-state index contributed by atoms with van der Waals surface area (Å²) >= 11 is 0.286. The van der Waals surface area contributed by atoms with E-state index in [-0.39, 0.29) is 12.0 Å². The number of benzene rings is 1. The second kappa shape index (κ2) is 5.66. The van der Waals surface area contributed by atoms with Crippen LogP contribution in [0.25, 0.3) is 0 Å². The molecule has 88 valence electrons. The van der Waals surface area contributed by atoms with Crippen molar-refractivity contribution >= 4 is 12.0 Å².